The number of rotatable bonds is 9. The molecule has 0 amide bonds. The first-order valence-electron chi connectivity index (χ1n) is 31.7. The normalized spacial score (nSPS) is 30.5. The number of hydrogen-bond donors (Lipinski definition) is 1. The van der Waals surface area contributed by atoms with E-state index in [0.717, 1.165) is 50.1 Å². The first-order valence-corrected chi connectivity index (χ1v) is 32.1. The highest BCUT2D eigenvalue weighted by atomic mass is 35.5. The zero-order valence-electron chi connectivity index (χ0n) is 51.9. The molecule has 0 spiro atoms. The van der Waals surface area contributed by atoms with Gasteiger partial charge >= 0.3 is 24.6 Å². The van der Waals surface area contributed by atoms with Crippen molar-refractivity contribution in [2.45, 2.75) is 203 Å². The van der Waals surface area contributed by atoms with E-state index in [2.05, 4.69) is 76.8 Å². The summed E-state index contributed by atoms with van der Waals surface area (Å²) in [6.07, 6.45) is 19.4. The molecule has 470 valence electrons. The van der Waals surface area contributed by atoms with Gasteiger partial charge in [-0.25, -0.2) is 19.2 Å². The Bertz CT molecular complexity index is 2800. The number of fused-ring (bicyclic) bond motifs is 3. The van der Waals surface area contributed by atoms with Crippen LogP contribution in [0.25, 0.3) is 0 Å². The maximum atomic E-state index is 12.1. The molecule has 3 unspecified atom stereocenters. The topological polar surface area (TPSA) is 169 Å². The van der Waals surface area contributed by atoms with E-state index in [9.17, 15) is 24.3 Å². The van der Waals surface area contributed by atoms with Gasteiger partial charge in [0.2, 0.25) is 6.23 Å². The van der Waals surface area contributed by atoms with Crippen molar-refractivity contribution < 1.29 is 79.1 Å². The Labute approximate surface area is 516 Å². The number of likely N-dealkylation sites (tertiary alicyclic amines) is 3. The third-order valence-corrected chi connectivity index (χ3v) is 21.5. The molecule has 0 radical (unpaired) electrons. The molecule has 3 aromatic rings. The second-order valence-corrected chi connectivity index (χ2v) is 26.0. The highest BCUT2D eigenvalue weighted by molar-refractivity contribution is 6.19. The molecule has 12 rings (SSSR count). The molecule has 6 bridgehead atoms. The third kappa shape index (κ3) is 13.7. The SMILES string of the molecule is CCOC(=O)OC(C)Cl.CCOC(=O)Oc1ccc2c(c1)[C@]13CCCC[C@@H]1[C@H](C2)N(C)CC3.CCOC(=O)Oc1ccc2c(c1)[C@]13CCCC[C@@H]1[C@H](C2)[N+](C)(C(C)OC(=O)OCC)CC3.CN1CC[C@@]23CCCC[C@@H]2[C@@H]1Cc1ccc(O)cc13.[Cl-]. The van der Waals surface area contributed by atoms with Gasteiger partial charge in [0.25, 0.3) is 0 Å². The number of quaternary nitrogens is 1. The Morgan fingerprint density at radius 1 is 0.565 bits per heavy atom. The maximum absolute atomic E-state index is 12.1. The van der Waals surface area contributed by atoms with Crippen molar-refractivity contribution >= 4 is 36.2 Å². The minimum Gasteiger partial charge on any atom is -1.00 e. The fraction of sp³-hybridized carbons (Fsp3) is 0.672. The highest BCUT2D eigenvalue weighted by Gasteiger charge is 2.61. The molecule has 3 saturated heterocycles. The molecule has 3 aliphatic heterocycles. The quantitative estimate of drug-likeness (QED) is 0.0706. The monoisotopic (exact) mass is 1220 g/mol. The highest BCUT2D eigenvalue weighted by Crippen LogP contribution is 2.60. The van der Waals surface area contributed by atoms with Crippen LogP contribution in [0, 0.1) is 17.8 Å². The lowest BCUT2D eigenvalue weighted by Gasteiger charge is -2.62. The summed E-state index contributed by atoms with van der Waals surface area (Å²) in [6, 6.07) is 20.2. The van der Waals surface area contributed by atoms with Crippen molar-refractivity contribution in [1.29, 1.82) is 0 Å². The van der Waals surface area contributed by atoms with Crippen LogP contribution in [0.15, 0.2) is 54.6 Å². The lowest BCUT2D eigenvalue weighted by Crippen LogP contribution is -3.00. The number of phenols is 1. The predicted molar refractivity (Wildman–Crippen MR) is 321 cm³/mol. The summed E-state index contributed by atoms with van der Waals surface area (Å²) in [5.74, 6) is 3.71. The van der Waals surface area contributed by atoms with Gasteiger partial charge in [0.05, 0.1) is 46.1 Å². The molecular formula is C67H95Cl2N3O13. The number of alkyl halides is 1. The molecular weight excluding hydrogens is 1130 g/mol. The molecule has 85 heavy (non-hydrogen) atoms. The molecule has 6 fully saturated rings. The van der Waals surface area contributed by atoms with Gasteiger partial charge in [-0.2, -0.15) is 0 Å². The van der Waals surface area contributed by atoms with Gasteiger partial charge in [-0.1, -0.05) is 68.3 Å². The van der Waals surface area contributed by atoms with E-state index in [-0.39, 0.29) is 29.5 Å². The van der Waals surface area contributed by atoms with E-state index in [1.807, 2.05) is 25.1 Å². The number of nitrogens with zero attached hydrogens (tertiary/aromatic N) is 3. The molecule has 9 aliphatic rings. The molecule has 6 aliphatic carbocycles. The van der Waals surface area contributed by atoms with Gasteiger partial charge < -0.3 is 65.2 Å². The van der Waals surface area contributed by atoms with Crippen LogP contribution in [0.5, 0.6) is 17.2 Å². The number of ether oxygens (including phenoxy) is 8. The second kappa shape index (κ2) is 28.4. The van der Waals surface area contributed by atoms with Crippen LogP contribution in [0.2, 0.25) is 0 Å². The van der Waals surface area contributed by atoms with E-state index in [0.29, 0.717) is 71.6 Å². The van der Waals surface area contributed by atoms with Gasteiger partial charge in [0.1, 0.15) is 17.2 Å². The minimum absolute atomic E-state index is 0. The number of halogens is 2. The van der Waals surface area contributed by atoms with Gasteiger partial charge in [-0.3, -0.25) is 4.48 Å². The largest absolute Gasteiger partial charge is 1.00 e. The van der Waals surface area contributed by atoms with E-state index in [1.165, 1.54) is 136 Å². The summed E-state index contributed by atoms with van der Waals surface area (Å²) >= 11 is 5.29. The van der Waals surface area contributed by atoms with Crippen molar-refractivity contribution in [2.24, 2.45) is 17.8 Å². The zero-order chi connectivity index (χ0) is 60.0. The van der Waals surface area contributed by atoms with E-state index in [4.69, 9.17) is 40.0 Å². The van der Waals surface area contributed by atoms with Crippen molar-refractivity contribution in [3.05, 3.63) is 88.0 Å². The number of likely N-dealkylation sites (N-methyl/N-ethyl adjacent to an activating group) is 3. The van der Waals surface area contributed by atoms with Crippen molar-refractivity contribution in [3.8, 4) is 17.2 Å². The Morgan fingerprint density at radius 2 is 0.976 bits per heavy atom. The molecule has 18 heteroatoms. The number of benzene rings is 3. The summed E-state index contributed by atoms with van der Waals surface area (Å²) in [7, 11) is 6.82. The van der Waals surface area contributed by atoms with E-state index in [1.54, 1.807) is 34.6 Å². The average Bonchev–Trinajstić information content (AvgIpc) is 0.769. The second-order valence-electron chi connectivity index (χ2n) is 25.4. The lowest BCUT2D eigenvalue weighted by atomic mass is 9.52. The van der Waals surface area contributed by atoms with Crippen molar-refractivity contribution in [2.75, 3.05) is 67.2 Å². The molecule has 3 aromatic carbocycles. The third-order valence-electron chi connectivity index (χ3n) is 21.4. The first-order chi connectivity index (χ1) is 40.3. The number of aromatic hydroxyl groups is 1. The number of phenolic OH excluding ortho intramolecular Hbond substituents is 1. The average molecular weight is 1220 g/mol. The fourth-order valence-electron chi connectivity index (χ4n) is 17.5. The van der Waals surface area contributed by atoms with Crippen LogP contribution in [0.4, 0.5) is 19.2 Å². The Balaban J connectivity index is 0.000000158. The minimum atomic E-state index is -0.722. The van der Waals surface area contributed by atoms with Crippen molar-refractivity contribution in [3.63, 3.8) is 0 Å². The summed E-state index contributed by atoms with van der Waals surface area (Å²) in [5.41, 5.74) is 8.66. The Morgan fingerprint density at radius 3 is 1.45 bits per heavy atom. The molecule has 12 atom stereocenters. The molecule has 3 heterocycles. The summed E-state index contributed by atoms with van der Waals surface area (Å²) in [4.78, 5) is 51.1. The predicted octanol–water partition coefficient (Wildman–Crippen LogP) is 10.7. The lowest BCUT2D eigenvalue weighted by molar-refractivity contribution is -0.982. The van der Waals surface area contributed by atoms with E-state index >= 15 is 0 Å². The van der Waals surface area contributed by atoms with Crippen LogP contribution in [0.3, 0.4) is 0 Å². The summed E-state index contributed by atoms with van der Waals surface area (Å²) in [6.45, 7) is 15.2. The van der Waals surface area contributed by atoms with Crippen molar-refractivity contribution in [1.82, 2.24) is 9.80 Å². The van der Waals surface area contributed by atoms with Crippen LogP contribution in [-0.4, -0.2) is 141 Å². The molecule has 1 N–H and O–H groups in total. The Hall–Kier alpha value is -5.00. The number of carbonyl (C=O) groups is 4. The summed E-state index contributed by atoms with van der Waals surface area (Å²) < 4.78 is 41.0. The standard InChI is InChI=1S/C25H36NO6.C20H27NO3.C17H23NO.C5H9ClO3.ClH/c1-5-29-23(27)31-17(3)26(4)14-13-25-12-8-7-9-20(25)22(26)15-18-10-11-19(16-21(18)25)32-24(28)30-6-2;1-3-23-19(22)24-15-8-7-14-12-18-16-6-4-5-9-20(16,17(14)13-15)10-11-21(18)2;1-18-9-8-17-7-3-2-4-14(17)16(18)10-12-5-6-13(19)11-15(12)17;1-3-8-5(7)9-4(2)6;/h10-11,16-17,20,22H,5-9,12-15H2,1-4H3;7-8,13,16,18H,3-6,9-12H2,1-2H3;5-6,11,14,16,19H,2-4,7-10H2,1H3;4H,3H2,1-2H3;1H/q+1;;;;/p-1/t17?,20-,22+,25+,26?;16-,18+,20+;14-,16+,17+;;/m111../s1. The fourth-order valence-corrected chi connectivity index (χ4v) is 17.6. The number of piperidine rings is 3. The first kappa shape index (κ1) is 66.0. The molecule has 3 saturated carbocycles. The molecule has 0 aromatic heterocycles. The number of hydrogen-bond acceptors (Lipinski definition) is 15. The van der Waals surface area contributed by atoms with Gasteiger partial charge in [0.15, 0.2) is 5.56 Å². The van der Waals surface area contributed by atoms with E-state index < -0.39 is 30.2 Å². The van der Waals surface area contributed by atoms with Gasteiger partial charge in [-0.05, 0) is 208 Å². The van der Waals surface area contributed by atoms with Crippen LogP contribution < -0.4 is 21.9 Å². The zero-order valence-corrected chi connectivity index (χ0v) is 53.4. The smallest absolute Gasteiger partial charge is 0.513 e. The van der Waals surface area contributed by atoms with Gasteiger partial charge in [-0.15, -0.1) is 0 Å². The maximum Gasteiger partial charge on any atom is 0.513 e. The van der Waals surface area contributed by atoms with Crippen LogP contribution >= 0.6 is 11.6 Å². The number of carbonyl (C=O) groups excluding carboxylic acids is 4. The summed E-state index contributed by atoms with van der Waals surface area (Å²) in [5, 5.41) is 9.91. The molecule has 16 nitrogen and oxygen atoms in total. The Kier molecular flexibility index (Phi) is 22.1. The van der Waals surface area contributed by atoms with Crippen LogP contribution in [-0.2, 0) is 63.9 Å². The van der Waals surface area contributed by atoms with Crippen LogP contribution in [0.1, 0.15) is 171 Å². The van der Waals surface area contributed by atoms with Gasteiger partial charge in [0, 0.05) is 54.0 Å².